The summed E-state index contributed by atoms with van der Waals surface area (Å²) < 4.78 is 0. The lowest BCUT2D eigenvalue weighted by atomic mass is 10.00. The molecule has 0 bridgehead atoms. The molecule has 1 aliphatic heterocycles. The first-order valence-corrected chi connectivity index (χ1v) is 8.50. The molecule has 2 nitrogen and oxygen atoms in total. The molecule has 0 aliphatic carbocycles. The highest BCUT2D eigenvalue weighted by atomic mass is 15.1. The van der Waals surface area contributed by atoms with Crippen LogP contribution in [0.1, 0.15) is 31.0 Å². The van der Waals surface area contributed by atoms with Gasteiger partial charge in [-0.2, -0.15) is 0 Å². The van der Waals surface area contributed by atoms with E-state index in [0.29, 0.717) is 12.0 Å². The van der Waals surface area contributed by atoms with Crippen LogP contribution in [0.4, 0.5) is 0 Å². The van der Waals surface area contributed by atoms with Gasteiger partial charge in [-0.1, -0.05) is 73.7 Å². The van der Waals surface area contributed by atoms with Gasteiger partial charge in [-0.15, -0.1) is 0 Å². The van der Waals surface area contributed by atoms with Crippen LogP contribution in [0.15, 0.2) is 72.4 Å². The zero-order valence-corrected chi connectivity index (χ0v) is 14.1. The van der Waals surface area contributed by atoms with Crippen molar-refractivity contribution in [3.63, 3.8) is 0 Å². The van der Waals surface area contributed by atoms with Crippen LogP contribution in [0, 0.1) is 5.92 Å². The van der Waals surface area contributed by atoms with Gasteiger partial charge in [0.2, 0.25) is 0 Å². The summed E-state index contributed by atoms with van der Waals surface area (Å²) in [5.74, 6) is 0.540. The molecule has 2 aromatic rings. The summed E-state index contributed by atoms with van der Waals surface area (Å²) in [5, 5.41) is 3.70. The van der Waals surface area contributed by atoms with Crippen molar-refractivity contribution in [3.05, 3.63) is 83.6 Å². The topological polar surface area (TPSA) is 15.3 Å². The molecular weight excluding hydrogens is 280 g/mol. The van der Waals surface area contributed by atoms with Gasteiger partial charge >= 0.3 is 0 Å². The molecule has 1 heterocycles. The Morgan fingerprint density at radius 3 is 2.35 bits per heavy atom. The number of nitrogens with zero attached hydrogens (tertiary/aromatic N) is 1. The predicted molar refractivity (Wildman–Crippen MR) is 97.0 cm³/mol. The van der Waals surface area contributed by atoms with E-state index in [4.69, 9.17) is 0 Å². The highest BCUT2D eigenvalue weighted by Crippen LogP contribution is 2.21. The third-order valence-electron chi connectivity index (χ3n) is 4.56. The van der Waals surface area contributed by atoms with E-state index in [1.807, 2.05) is 0 Å². The molecule has 2 aromatic carbocycles. The summed E-state index contributed by atoms with van der Waals surface area (Å²) in [5.41, 5.74) is 4.11. The summed E-state index contributed by atoms with van der Waals surface area (Å²) in [7, 11) is 0. The summed E-state index contributed by atoms with van der Waals surface area (Å²) in [4.78, 5) is 2.51. The Kier molecular flexibility index (Phi) is 5.14. The van der Waals surface area contributed by atoms with E-state index in [1.165, 1.54) is 16.8 Å². The van der Waals surface area contributed by atoms with E-state index >= 15 is 0 Å². The molecule has 0 saturated carbocycles. The van der Waals surface area contributed by atoms with Crippen molar-refractivity contribution in [3.8, 4) is 0 Å². The fourth-order valence-electron chi connectivity index (χ4n) is 3.24. The number of benzene rings is 2. The summed E-state index contributed by atoms with van der Waals surface area (Å²) in [6.07, 6.45) is 2.36. The van der Waals surface area contributed by atoms with Crippen molar-refractivity contribution in [1.29, 1.82) is 0 Å². The second-order valence-corrected chi connectivity index (χ2v) is 6.52. The zero-order chi connectivity index (χ0) is 16.1. The fraction of sp³-hybridized carbons (Fsp3) is 0.333. The summed E-state index contributed by atoms with van der Waals surface area (Å²) >= 11 is 0. The molecule has 23 heavy (non-hydrogen) atoms. The highest BCUT2D eigenvalue weighted by Gasteiger charge is 2.20. The van der Waals surface area contributed by atoms with Gasteiger partial charge in [-0.25, -0.2) is 0 Å². The molecule has 0 radical (unpaired) electrons. The van der Waals surface area contributed by atoms with E-state index in [9.17, 15) is 0 Å². The number of nitrogens with one attached hydrogen (secondary N) is 1. The van der Waals surface area contributed by atoms with Crippen molar-refractivity contribution in [1.82, 2.24) is 10.2 Å². The van der Waals surface area contributed by atoms with Crippen LogP contribution in [-0.4, -0.2) is 18.0 Å². The number of hydrogen-bond donors (Lipinski definition) is 1. The van der Waals surface area contributed by atoms with Gasteiger partial charge in [0.1, 0.15) is 0 Å². The van der Waals surface area contributed by atoms with Gasteiger partial charge in [0.05, 0.1) is 0 Å². The first-order valence-electron chi connectivity index (χ1n) is 8.50. The minimum Gasteiger partial charge on any atom is -0.382 e. The third-order valence-corrected chi connectivity index (χ3v) is 4.56. The van der Waals surface area contributed by atoms with Gasteiger partial charge in [0.15, 0.2) is 0 Å². The van der Waals surface area contributed by atoms with Gasteiger partial charge in [-0.05, 0) is 18.1 Å². The number of rotatable bonds is 5. The zero-order valence-electron chi connectivity index (χ0n) is 14.1. The van der Waals surface area contributed by atoms with Crippen LogP contribution in [0.2, 0.25) is 0 Å². The summed E-state index contributed by atoms with van der Waals surface area (Å²) in [6.45, 7) is 7.70. The predicted octanol–water partition coefficient (Wildman–Crippen LogP) is 4.37. The molecule has 3 rings (SSSR count). The van der Waals surface area contributed by atoms with Gasteiger partial charge < -0.3 is 5.32 Å². The smallest absolute Gasteiger partial charge is 0.0482 e. The highest BCUT2D eigenvalue weighted by molar-refractivity contribution is 5.21. The Morgan fingerprint density at radius 2 is 1.70 bits per heavy atom. The van der Waals surface area contributed by atoms with Crippen LogP contribution >= 0.6 is 0 Å². The average molecular weight is 306 g/mol. The Morgan fingerprint density at radius 1 is 1.04 bits per heavy atom. The maximum absolute atomic E-state index is 3.70. The van der Waals surface area contributed by atoms with Crippen molar-refractivity contribution < 1.29 is 0 Å². The molecule has 1 aliphatic rings. The molecular formula is C21H26N2. The lowest BCUT2D eigenvalue weighted by Gasteiger charge is -2.33. The third kappa shape index (κ3) is 4.23. The molecule has 0 amide bonds. The van der Waals surface area contributed by atoms with Crippen molar-refractivity contribution >= 4 is 0 Å². The van der Waals surface area contributed by atoms with E-state index in [2.05, 4.69) is 90.8 Å². The second-order valence-electron chi connectivity index (χ2n) is 6.52. The van der Waals surface area contributed by atoms with Crippen LogP contribution in [0.5, 0.6) is 0 Å². The minimum atomic E-state index is 0.352. The van der Waals surface area contributed by atoms with Crippen molar-refractivity contribution in [2.45, 2.75) is 26.4 Å². The Labute approximate surface area is 139 Å². The standard InChI is InChI=1S/C21H26N2/c1-17-15-23(16-19-9-5-3-6-10-19)14-13-21(17)22-18(2)20-11-7-4-8-12-20/h3-13,17-18,22H,14-16H2,1-2H3/t17?,18-/m0/s1. The number of hydrogen-bond acceptors (Lipinski definition) is 2. The van der Waals surface area contributed by atoms with E-state index in [-0.39, 0.29) is 0 Å². The SMILES string of the molecule is CC1CN(Cc2ccccc2)CC=C1N[C@@H](C)c1ccccc1. The normalized spacial score (nSPS) is 19.9. The molecule has 0 spiro atoms. The largest absolute Gasteiger partial charge is 0.382 e. The lowest BCUT2D eigenvalue weighted by molar-refractivity contribution is 0.243. The average Bonchev–Trinajstić information content (AvgIpc) is 2.59. The van der Waals surface area contributed by atoms with Gasteiger partial charge in [0.25, 0.3) is 0 Å². The molecule has 0 aromatic heterocycles. The second kappa shape index (κ2) is 7.47. The minimum absolute atomic E-state index is 0.352. The molecule has 2 atom stereocenters. The first kappa shape index (κ1) is 15.8. The molecule has 120 valence electrons. The quantitative estimate of drug-likeness (QED) is 0.882. The van der Waals surface area contributed by atoms with Crippen LogP contribution in [-0.2, 0) is 6.54 Å². The Balaban J connectivity index is 1.60. The maximum Gasteiger partial charge on any atom is 0.0482 e. The van der Waals surface area contributed by atoms with E-state index in [1.54, 1.807) is 0 Å². The van der Waals surface area contributed by atoms with Crippen LogP contribution < -0.4 is 5.32 Å². The lowest BCUT2D eigenvalue weighted by Crippen LogP contribution is -2.37. The van der Waals surface area contributed by atoms with Crippen LogP contribution in [0.3, 0.4) is 0 Å². The van der Waals surface area contributed by atoms with Crippen LogP contribution in [0.25, 0.3) is 0 Å². The van der Waals surface area contributed by atoms with Crippen molar-refractivity contribution in [2.75, 3.05) is 13.1 Å². The molecule has 0 fully saturated rings. The Bertz CT molecular complexity index is 633. The van der Waals surface area contributed by atoms with Crippen molar-refractivity contribution in [2.24, 2.45) is 5.92 Å². The fourth-order valence-corrected chi connectivity index (χ4v) is 3.24. The monoisotopic (exact) mass is 306 g/mol. The van der Waals surface area contributed by atoms with Gasteiger partial charge in [-0.3, -0.25) is 4.90 Å². The molecule has 1 unspecified atom stereocenters. The maximum atomic E-state index is 3.70. The summed E-state index contributed by atoms with van der Waals surface area (Å²) in [6, 6.07) is 21.7. The van der Waals surface area contributed by atoms with Gasteiger partial charge in [0, 0.05) is 37.3 Å². The molecule has 2 heteroatoms. The Hall–Kier alpha value is -2.06. The molecule has 0 saturated heterocycles. The first-order chi connectivity index (χ1) is 11.2. The van der Waals surface area contributed by atoms with E-state index in [0.717, 1.165) is 19.6 Å². The van der Waals surface area contributed by atoms with E-state index < -0.39 is 0 Å². The molecule has 1 N–H and O–H groups in total.